The van der Waals surface area contributed by atoms with Gasteiger partial charge in [0.1, 0.15) is 18.3 Å². The third-order valence-corrected chi connectivity index (χ3v) is 2.71. The van der Waals surface area contributed by atoms with Gasteiger partial charge in [-0.15, -0.1) is 0 Å². The van der Waals surface area contributed by atoms with E-state index in [0.29, 0.717) is 0 Å². The molecule has 1 aliphatic heterocycles. The van der Waals surface area contributed by atoms with Crippen molar-refractivity contribution in [2.45, 2.75) is 43.5 Å². The summed E-state index contributed by atoms with van der Waals surface area (Å²) in [6.07, 6.45) is -6.63. The summed E-state index contributed by atoms with van der Waals surface area (Å²) in [5.74, 6) is -3.57. The Hall–Kier alpha value is -0.770. The van der Waals surface area contributed by atoms with Crippen LogP contribution >= 0.6 is 0 Å². The van der Waals surface area contributed by atoms with Crippen molar-refractivity contribution in [2.24, 2.45) is 0 Å². The maximum absolute atomic E-state index is 11.5. The molecule has 1 saturated heterocycles. The van der Waals surface area contributed by atoms with E-state index in [1.807, 2.05) is 0 Å². The standard InChI is InChI=1S/C10H18O8/c1-2-17-9(15)10(16)3-5(12)7(14)8(18-10)6(13)4-11/h5-8,11-14,16H,2-4H2,1H3/t5-,6?,7+,8-,10?/m1/s1. The summed E-state index contributed by atoms with van der Waals surface area (Å²) in [7, 11) is 0. The highest BCUT2D eigenvalue weighted by Gasteiger charge is 2.52. The minimum atomic E-state index is -2.45. The highest BCUT2D eigenvalue weighted by atomic mass is 16.7. The molecule has 5 N–H and O–H groups in total. The first-order chi connectivity index (χ1) is 8.35. The Kier molecular flexibility index (Phi) is 5.02. The summed E-state index contributed by atoms with van der Waals surface area (Å²) in [6.45, 7) is 0.763. The number of ether oxygens (including phenoxy) is 2. The molecule has 106 valence electrons. The lowest BCUT2D eigenvalue weighted by atomic mass is 9.93. The van der Waals surface area contributed by atoms with Crippen LogP contribution in [0, 0.1) is 0 Å². The van der Waals surface area contributed by atoms with Crippen molar-refractivity contribution in [3.05, 3.63) is 0 Å². The molecular weight excluding hydrogens is 248 g/mol. The van der Waals surface area contributed by atoms with E-state index in [1.54, 1.807) is 0 Å². The first-order valence-electron chi connectivity index (χ1n) is 5.58. The van der Waals surface area contributed by atoms with Gasteiger partial charge in [-0.2, -0.15) is 0 Å². The quantitative estimate of drug-likeness (QED) is 0.342. The normalized spacial score (nSPS) is 38.2. The summed E-state index contributed by atoms with van der Waals surface area (Å²) in [4.78, 5) is 11.5. The number of esters is 1. The van der Waals surface area contributed by atoms with Crippen LogP contribution in [-0.4, -0.2) is 74.9 Å². The van der Waals surface area contributed by atoms with Gasteiger partial charge in [0.25, 0.3) is 5.79 Å². The smallest absolute Gasteiger partial charge is 0.366 e. The van der Waals surface area contributed by atoms with Crippen LogP contribution in [0.2, 0.25) is 0 Å². The molecule has 0 aromatic carbocycles. The summed E-state index contributed by atoms with van der Waals surface area (Å²) >= 11 is 0. The minimum absolute atomic E-state index is 0.00360. The van der Waals surface area contributed by atoms with Crippen LogP contribution in [0.1, 0.15) is 13.3 Å². The largest absolute Gasteiger partial charge is 0.462 e. The Balaban J connectivity index is 2.87. The fourth-order valence-corrected chi connectivity index (χ4v) is 1.75. The maximum Gasteiger partial charge on any atom is 0.366 e. The van der Waals surface area contributed by atoms with Crippen molar-refractivity contribution < 1.29 is 39.8 Å². The molecule has 8 heteroatoms. The average Bonchev–Trinajstić information content (AvgIpc) is 2.33. The van der Waals surface area contributed by atoms with E-state index in [1.165, 1.54) is 6.92 Å². The van der Waals surface area contributed by atoms with Crippen LogP contribution in [0.4, 0.5) is 0 Å². The monoisotopic (exact) mass is 266 g/mol. The van der Waals surface area contributed by atoms with Crippen LogP contribution in [0.25, 0.3) is 0 Å². The zero-order valence-electron chi connectivity index (χ0n) is 9.89. The predicted octanol–water partition coefficient (Wildman–Crippen LogP) is -2.90. The van der Waals surface area contributed by atoms with Crippen molar-refractivity contribution in [1.82, 2.24) is 0 Å². The fraction of sp³-hybridized carbons (Fsp3) is 0.900. The first kappa shape index (κ1) is 15.3. The van der Waals surface area contributed by atoms with Crippen LogP contribution in [-0.2, 0) is 14.3 Å². The van der Waals surface area contributed by atoms with Gasteiger partial charge in [0.15, 0.2) is 0 Å². The molecule has 18 heavy (non-hydrogen) atoms. The van der Waals surface area contributed by atoms with Crippen molar-refractivity contribution >= 4 is 5.97 Å². The minimum Gasteiger partial charge on any atom is -0.462 e. The Morgan fingerprint density at radius 3 is 2.67 bits per heavy atom. The molecule has 1 rings (SSSR count). The van der Waals surface area contributed by atoms with Gasteiger partial charge in [0.05, 0.1) is 19.3 Å². The molecule has 0 spiro atoms. The third-order valence-electron chi connectivity index (χ3n) is 2.71. The Bertz CT molecular complexity index is 296. The molecule has 0 amide bonds. The van der Waals surface area contributed by atoms with Crippen molar-refractivity contribution in [3.8, 4) is 0 Å². The number of carbonyl (C=O) groups is 1. The van der Waals surface area contributed by atoms with E-state index in [0.717, 1.165) is 0 Å². The Labute approximate surface area is 103 Å². The number of hydrogen-bond donors (Lipinski definition) is 5. The zero-order chi connectivity index (χ0) is 13.9. The van der Waals surface area contributed by atoms with Gasteiger partial charge in [-0.05, 0) is 6.92 Å². The molecular formula is C10H18O8. The summed E-state index contributed by atoms with van der Waals surface area (Å²) in [5.41, 5.74) is 0. The molecule has 1 heterocycles. The molecule has 8 nitrogen and oxygen atoms in total. The molecule has 0 saturated carbocycles. The predicted molar refractivity (Wildman–Crippen MR) is 56.2 cm³/mol. The van der Waals surface area contributed by atoms with Crippen LogP contribution in [0.5, 0.6) is 0 Å². The van der Waals surface area contributed by atoms with Crippen LogP contribution < -0.4 is 0 Å². The second kappa shape index (κ2) is 5.91. The molecule has 1 fully saturated rings. The van der Waals surface area contributed by atoms with Gasteiger partial charge in [-0.25, -0.2) is 4.79 Å². The number of aliphatic hydroxyl groups excluding tert-OH is 4. The molecule has 1 aliphatic rings. The van der Waals surface area contributed by atoms with Gasteiger partial charge in [0.2, 0.25) is 0 Å². The molecule has 0 radical (unpaired) electrons. The van der Waals surface area contributed by atoms with Gasteiger partial charge < -0.3 is 35.0 Å². The maximum atomic E-state index is 11.5. The van der Waals surface area contributed by atoms with E-state index in [-0.39, 0.29) is 6.61 Å². The first-order valence-corrected chi connectivity index (χ1v) is 5.58. The fourth-order valence-electron chi connectivity index (χ4n) is 1.75. The zero-order valence-corrected chi connectivity index (χ0v) is 9.89. The summed E-state index contributed by atoms with van der Waals surface area (Å²) < 4.78 is 9.46. The topological polar surface area (TPSA) is 137 Å². The number of rotatable bonds is 4. The number of carbonyl (C=O) groups excluding carboxylic acids is 1. The van der Waals surface area contributed by atoms with Gasteiger partial charge >= 0.3 is 5.97 Å². The van der Waals surface area contributed by atoms with E-state index < -0.39 is 49.2 Å². The molecule has 0 aromatic rings. The summed E-state index contributed by atoms with van der Waals surface area (Å²) in [5, 5.41) is 47.2. The Morgan fingerprint density at radius 2 is 2.17 bits per heavy atom. The SMILES string of the molecule is CCOC(=O)C1(O)C[C@@H](O)[C@H](O)[C@@H](C(O)CO)O1. The molecule has 0 bridgehead atoms. The van der Waals surface area contributed by atoms with E-state index in [9.17, 15) is 25.2 Å². The van der Waals surface area contributed by atoms with Crippen molar-refractivity contribution in [3.63, 3.8) is 0 Å². The molecule has 2 unspecified atom stereocenters. The van der Waals surface area contributed by atoms with Crippen LogP contribution in [0.15, 0.2) is 0 Å². The lowest BCUT2D eigenvalue weighted by Gasteiger charge is -2.41. The highest BCUT2D eigenvalue weighted by molar-refractivity contribution is 5.77. The van der Waals surface area contributed by atoms with Gasteiger partial charge in [-0.3, -0.25) is 0 Å². The second-order valence-corrected chi connectivity index (χ2v) is 4.10. The lowest BCUT2D eigenvalue weighted by molar-refractivity contribution is -0.310. The third kappa shape index (κ3) is 2.97. The lowest BCUT2D eigenvalue weighted by Crippen LogP contribution is -2.62. The molecule has 0 aliphatic carbocycles. The average molecular weight is 266 g/mol. The van der Waals surface area contributed by atoms with Crippen molar-refractivity contribution in [2.75, 3.05) is 13.2 Å². The van der Waals surface area contributed by atoms with E-state index >= 15 is 0 Å². The summed E-state index contributed by atoms with van der Waals surface area (Å²) in [6, 6.07) is 0. The number of hydrogen-bond acceptors (Lipinski definition) is 8. The van der Waals surface area contributed by atoms with Crippen molar-refractivity contribution in [1.29, 1.82) is 0 Å². The Morgan fingerprint density at radius 1 is 1.56 bits per heavy atom. The number of aliphatic hydroxyl groups is 5. The molecule has 0 aromatic heterocycles. The second-order valence-electron chi connectivity index (χ2n) is 4.10. The molecule has 5 atom stereocenters. The van der Waals surface area contributed by atoms with Gasteiger partial charge in [0, 0.05) is 6.42 Å². The highest BCUT2D eigenvalue weighted by Crippen LogP contribution is 2.30. The van der Waals surface area contributed by atoms with E-state index in [4.69, 9.17) is 9.84 Å². The van der Waals surface area contributed by atoms with Gasteiger partial charge in [-0.1, -0.05) is 0 Å². The van der Waals surface area contributed by atoms with Crippen LogP contribution in [0.3, 0.4) is 0 Å². The van der Waals surface area contributed by atoms with E-state index in [2.05, 4.69) is 4.74 Å².